The number of nitrogens with zero attached hydrogens (tertiary/aromatic N) is 6. The molecule has 0 amide bonds. The molecule has 1 aliphatic carbocycles. The van der Waals surface area contributed by atoms with E-state index in [0.717, 1.165) is 18.5 Å². The van der Waals surface area contributed by atoms with Gasteiger partial charge in [0.05, 0.1) is 23.8 Å². The molecule has 0 radical (unpaired) electrons. The van der Waals surface area contributed by atoms with Gasteiger partial charge in [0.1, 0.15) is 18.0 Å². The molecule has 1 aromatic carbocycles. The van der Waals surface area contributed by atoms with Crippen LogP contribution in [0.5, 0.6) is 11.6 Å². The number of halogens is 1. The van der Waals surface area contributed by atoms with E-state index >= 15 is 0 Å². The first-order valence-electron chi connectivity index (χ1n) is 11.0. The van der Waals surface area contributed by atoms with Gasteiger partial charge in [-0.25, -0.2) is 14.4 Å². The van der Waals surface area contributed by atoms with Crippen molar-refractivity contribution in [1.29, 1.82) is 0 Å². The summed E-state index contributed by atoms with van der Waals surface area (Å²) in [5.74, 6) is 1.12. The Hall–Kier alpha value is -3.11. The van der Waals surface area contributed by atoms with Crippen molar-refractivity contribution in [2.75, 3.05) is 28.0 Å². The van der Waals surface area contributed by atoms with Gasteiger partial charge in [-0.2, -0.15) is 0 Å². The lowest BCUT2D eigenvalue weighted by Gasteiger charge is -2.26. The molecule has 2 heterocycles. The minimum absolute atomic E-state index is 0.0710. The summed E-state index contributed by atoms with van der Waals surface area (Å²) in [4.78, 5) is 10.6. The largest absolute Gasteiger partial charge is 0.469 e. The molecule has 1 aliphatic rings. The molecule has 2 unspecified atom stereocenters. The van der Waals surface area contributed by atoms with Gasteiger partial charge in [-0.3, -0.25) is 0 Å². The van der Waals surface area contributed by atoms with Crippen molar-refractivity contribution in [2.24, 2.45) is 0 Å². The van der Waals surface area contributed by atoms with E-state index in [4.69, 9.17) is 14.2 Å². The van der Waals surface area contributed by atoms with Gasteiger partial charge in [-0.05, 0) is 45.5 Å². The maximum atomic E-state index is 14.7. The SMILES string of the molecule is COCOc1cc(-n2ccnc2)ccc1-c1ncc(O[C@H]2CC(N(C)C)CCCC2F)nn1. The van der Waals surface area contributed by atoms with Gasteiger partial charge < -0.3 is 23.7 Å². The summed E-state index contributed by atoms with van der Waals surface area (Å²) in [7, 11) is 5.58. The molecule has 0 N–H and O–H groups in total. The fourth-order valence-corrected chi connectivity index (χ4v) is 3.97. The first-order chi connectivity index (χ1) is 16.0. The molecule has 4 rings (SSSR count). The van der Waals surface area contributed by atoms with Crippen LogP contribution in [-0.2, 0) is 4.74 Å². The minimum Gasteiger partial charge on any atom is -0.469 e. The van der Waals surface area contributed by atoms with Gasteiger partial charge >= 0.3 is 0 Å². The monoisotopic (exact) mass is 456 g/mol. The van der Waals surface area contributed by atoms with Crippen LogP contribution in [0.1, 0.15) is 25.7 Å². The molecule has 1 saturated carbocycles. The van der Waals surface area contributed by atoms with E-state index in [2.05, 4.69) is 25.1 Å². The van der Waals surface area contributed by atoms with Crippen LogP contribution < -0.4 is 9.47 Å². The highest BCUT2D eigenvalue weighted by Gasteiger charge is 2.31. The Kier molecular flexibility index (Phi) is 7.46. The number of alkyl halides is 1. The van der Waals surface area contributed by atoms with Gasteiger partial charge in [0, 0.05) is 38.0 Å². The van der Waals surface area contributed by atoms with Crippen molar-refractivity contribution in [1.82, 2.24) is 29.6 Å². The van der Waals surface area contributed by atoms with E-state index < -0.39 is 12.3 Å². The molecule has 0 aliphatic heterocycles. The Morgan fingerprint density at radius 2 is 2.09 bits per heavy atom. The minimum atomic E-state index is -1.04. The average molecular weight is 457 g/mol. The standard InChI is InChI=1S/C23H29FN6O3/c1-29(2)16-5-4-6-19(24)21(11-16)33-22-13-26-23(28-27-22)18-8-7-17(30-10-9-25-14-30)12-20(18)32-15-31-3/h7-10,12-14,16,19,21H,4-6,11,15H2,1-3H3/t16?,19?,21-/m0/s1. The molecule has 2 aromatic heterocycles. The molecule has 10 heteroatoms. The van der Waals surface area contributed by atoms with Crippen molar-refractivity contribution >= 4 is 0 Å². The quantitative estimate of drug-likeness (QED) is 0.377. The molecular formula is C23H29FN6O3. The van der Waals surface area contributed by atoms with Crippen LogP contribution in [0.25, 0.3) is 17.1 Å². The third kappa shape index (κ3) is 5.63. The van der Waals surface area contributed by atoms with Gasteiger partial charge in [-0.1, -0.05) is 0 Å². The number of ether oxygens (including phenoxy) is 3. The van der Waals surface area contributed by atoms with E-state index in [1.165, 1.54) is 6.20 Å². The van der Waals surface area contributed by atoms with E-state index in [1.54, 1.807) is 19.6 Å². The number of imidazole rings is 1. The molecule has 1 fully saturated rings. The predicted octanol–water partition coefficient (Wildman–Crippen LogP) is 3.30. The fourth-order valence-electron chi connectivity index (χ4n) is 3.97. The molecule has 0 bridgehead atoms. The van der Waals surface area contributed by atoms with E-state index in [1.807, 2.05) is 43.1 Å². The lowest BCUT2D eigenvalue weighted by molar-refractivity contribution is 0.0515. The van der Waals surface area contributed by atoms with Crippen molar-refractivity contribution in [2.45, 2.75) is 44.0 Å². The third-order valence-electron chi connectivity index (χ3n) is 5.81. The van der Waals surface area contributed by atoms with Crippen LogP contribution in [0.4, 0.5) is 4.39 Å². The summed E-state index contributed by atoms with van der Waals surface area (Å²) >= 11 is 0. The highest BCUT2D eigenvalue weighted by molar-refractivity contribution is 5.66. The Morgan fingerprint density at radius 3 is 2.79 bits per heavy atom. The second-order valence-electron chi connectivity index (χ2n) is 8.28. The summed E-state index contributed by atoms with van der Waals surface area (Å²) in [5, 5.41) is 8.38. The van der Waals surface area contributed by atoms with Crippen molar-refractivity contribution in [3.8, 4) is 28.7 Å². The van der Waals surface area contributed by atoms with Crippen molar-refractivity contribution in [3.05, 3.63) is 43.1 Å². The Morgan fingerprint density at radius 1 is 1.21 bits per heavy atom. The topological polar surface area (TPSA) is 87.4 Å². The Balaban J connectivity index is 1.53. The first kappa shape index (κ1) is 23.1. The van der Waals surface area contributed by atoms with Gasteiger partial charge in [-0.15, -0.1) is 10.2 Å². The molecule has 3 aromatic rings. The zero-order valence-electron chi connectivity index (χ0n) is 19.1. The number of hydrogen-bond donors (Lipinski definition) is 0. The van der Waals surface area contributed by atoms with E-state index in [0.29, 0.717) is 30.0 Å². The molecule has 3 atom stereocenters. The molecule has 33 heavy (non-hydrogen) atoms. The van der Waals surface area contributed by atoms with Gasteiger partial charge in [0.15, 0.2) is 12.6 Å². The molecule has 9 nitrogen and oxygen atoms in total. The van der Waals surface area contributed by atoms with E-state index in [-0.39, 0.29) is 18.7 Å². The lowest BCUT2D eigenvalue weighted by atomic mass is 10.1. The van der Waals surface area contributed by atoms with Crippen LogP contribution in [0.2, 0.25) is 0 Å². The van der Waals surface area contributed by atoms with Crippen LogP contribution in [-0.4, -0.2) is 75.9 Å². The molecule has 0 spiro atoms. The number of aromatic nitrogens is 5. The number of benzene rings is 1. The van der Waals surface area contributed by atoms with Gasteiger partial charge in [0.25, 0.3) is 5.88 Å². The zero-order valence-corrected chi connectivity index (χ0v) is 19.1. The third-order valence-corrected chi connectivity index (χ3v) is 5.81. The fraction of sp³-hybridized carbons (Fsp3) is 0.478. The predicted molar refractivity (Wildman–Crippen MR) is 120 cm³/mol. The second kappa shape index (κ2) is 10.7. The highest BCUT2D eigenvalue weighted by atomic mass is 19.1. The Bertz CT molecular complexity index is 1020. The van der Waals surface area contributed by atoms with Crippen LogP contribution in [0.15, 0.2) is 43.1 Å². The molecular weight excluding hydrogens is 427 g/mol. The van der Waals surface area contributed by atoms with E-state index in [9.17, 15) is 4.39 Å². The Labute approximate surface area is 192 Å². The highest BCUT2D eigenvalue weighted by Crippen LogP contribution is 2.31. The van der Waals surface area contributed by atoms with Crippen LogP contribution in [0, 0.1) is 0 Å². The van der Waals surface area contributed by atoms with Gasteiger partial charge in [0.2, 0.25) is 0 Å². The van der Waals surface area contributed by atoms with Crippen LogP contribution in [0.3, 0.4) is 0 Å². The number of hydrogen-bond acceptors (Lipinski definition) is 8. The van der Waals surface area contributed by atoms with Crippen molar-refractivity contribution in [3.63, 3.8) is 0 Å². The van der Waals surface area contributed by atoms with Crippen molar-refractivity contribution < 1.29 is 18.6 Å². The maximum absolute atomic E-state index is 14.7. The molecule has 176 valence electrons. The number of methoxy groups -OCH3 is 1. The lowest BCUT2D eigenvalue weighted by Crippen LogP contribution is -2.36. The zero-order chi connectivity index (χ0) is 23.2. The summed E-state index contributed by atoms with van der Waals surface area (Å²) in [6, 6.07) is 5.88. The second-order valence-corrected chi connectivity index (χ2v) is 8.28. The number of rotatable bonds is 8. The normalized spacial score (nSPS) is 21.1. The van der Waals surface area contributed by atoms with Crippen LogP contribution >= 0.6 is 0 Å². The summed E-state index contributed by atoms with van der Waals surface area (Å²) in [6.07, 6.45) is 7.98. The maximum Gasteiger partial charge on any atom is 0.252 e. The summed E-state index contributed by atoms with van der Waals surface area (Å²) in [6.45, 7) is 0.0710. The smallest absolute Gasteiger partial charge is 0.252 e. The molecule has 0 saturated heterocycles. The average Bonchev–Trinajstić information content (AvgIpc) is 3.30. The summed E-state index contributed by atoms with van der Waals surface area (Å²) < 4.78 is 33.2. The summed E-state index contributed by atoms with van der Waals surface area (Å²) in [5.41, 5.74) is 1.52. The first-order valence-corrected chi connectivity index (χ1v) is 11.0.